The summed E-state index contributed by atoms with van der Waals surface area (Å²) in [6, 6.07) is 20.7. The third-order valence-corrected chi connectivity index (χ3v) is 6.28. The van der Waals surface area contributed by atoms with Gasteiger partial charge >= 0.3 is 0 Å². The zero-order valence-corrected chi connectivity index (χ0v) is 17.0. The number of methoxy groups -OCH3 is 1. The highest BCUT2D eigenvalue weighted by atomic mass is 79.9. The Bertz CT molecular complexity index is 749. The first-order valence-corrected chi connectivity index (χ1v) is 10.4. The van der Waals surface area contributed by atoms with Gasteiger partial charge in [-0.1, -0.05) is 88.7 Å². The molecular formula is C23H25BrO3. The predicted molar refractivity (Wildman–Crippen MR) is 110 cm³/mol. The van der Waals surface area contributed by atoms with Crippen LogP contribution in [0.25, 0.3) is 0 Å². The zero-order chi connectivity index (χ0) is 18.6. The number of alkyl halides is 1. The second-order valence-corrected chi connectivity index (χ2v) is 8.32. The van der Waals surface area contributed by atoms with Crippen molar-refractivity contribution in [3.63, 3.8) is 0 Å². The molecule has 0 N–H and O–H groups in total. The average molecular weight is 429 g/mol. The van der Waals surface area contributed by atoms with E-state index in [9.17, 15) is 0 Å². The van der Waals surface area contributed by atoms with Crippen LogP contribution in [0.4, 0.5) is 0 Å². The highest BCUT2D eigenvalue weighted by molar-refractivity contribution is 9.09. The highest BCUT2D eigenvalue weighted by Crippen LogP contribution is 2.44. The number of halogens is 1. The normalized spacial score (nSPS) is 33.7. The maximum absolute atomic E-state index is 6.77. The topological polar surface area (TPSA) is 27.7 Å². The quantitative estimate of drug-likeness (QED) is 0.471. The lowest BCUT2D eigenvalue weighted by molar-refractivity contribution is -0.230. The first kappa shape index (κ1) is 18.9. The molecule has 2 aromatic rings. The summed E-state index contributed by atoms with van der Waals surface area (Å²) in [6.45, 7) is 0. The van der Waals surface area contributed by atoms with Gasteiger partial charge in [0.1, 0.15) is 12.2 Å². The van der Waals surface area contributed by atoms with Crippen molar-refractivity contribution >= 4 is 15.9 Å². The van der Waals surface area contributed by atoms with Crippen molar-refractivity contribution in [2.24, 2.45) is 5.92 Å². The van der Waals surface area contributed by atoms with Crippen molar-refractivity contribution in [3.8, 4) is 0 Å². The molecule has 0 spiro atoms. The third-order valence-electron chi connectivity index (χ3n) is 5.38. The van der Waals surface area contributed by atoms with E-state index in [1.807, 2.05) is 24.3 Å². The van der Waals surface area contributed by atoms with E-state index in [-0.39, 0.29) is 35.3 Å². The molecule has 3 nitrogen and oxygen atoms in total. The molecule has 0 aromatic heterocycles. The second kappa shape index (κ2) is 8.70. The van der Waals surface area contributed by atoms with E-state index in [2.05, 4.69) is 64.5 Å². The molecule has 0 radical (unpaired) electrons. The Morgan fingerprint density at radius 3 is 2.07 bits per heavy atom. The predicted octanol–water partition coefficient (Wildman–Crippen LogP) is 5.59. The largest absolute Gasteiger partial charge is 0.365 e. The Morgan fingerprint density at radius 2 is 1.48 bits per heavy atom. The number of rotatable bonds is 3. The van der Waals surface area contributed by atoms with E-state index >= 15 is 0 Å². The minimum atomic E-state index is -0.278. The van der Waals surface area contributed by atoms with Crippen molar-refractivity contribution in [1.29, 1.82) is 0 Å². The van der Waals surface area contributed by atoms with Crippen LogP contribution >= 0.6 is 15.9 Å². The van der Waals surface area contributed by atoms with E-state index in [1.54, 1.807) is 7.11 Å². The SMILES string of the molecule is CO[C@H]1C[C@@H]2C=CC[C@@H](Br)[C@@H]2O[C@H](c2ccccc2)[C@@H](c2ccccc2)O1. The van der Waals surface area contributed by atoms with Crippen LogP contribution in [0.2, 0.25) is 0 Å². The van der Waals surface area contributed by atoms with E-state index in [0.29, 0.717) is 0 Å². The van der Waals surface area contributed by atoms with Crippen LogP contribution in [0.5, 0.6) is 0 Å². The lowest BCUT2D eigenvalue weighted by Crippen LogP contribution is -2.42. The second-order valence-electron chi connectivity index (χ2n) is 7.14. The summed E-state index contributed by atoms with van der Waals surface area (Å²) in [6.07, 6.45) is 5.60. The molecule has 1 aliphatic carbocycles. The molecule has 2 aliphatic rings. The summed E-state index contributed by atoms with van der Waals surface area (Å²) in [5.41, 5.74) is 2.22. The van der Waals surface area contributed by atoms with Crippen LogP contribution in [0, 0.1) is 5.92 Å². The van der Waals surface area contributed by atoms with Gasteiger partial charge in [0, 0.05) is 24.3 Å². The molecular weight excluding hydrogens is 404 g/mol. The number of allylic oxidation sites excluding steroid dienone is 1. The van der Waals surface area contributed by atoms with Crippen LogP contribution in [0.3, 0.4) is 0 Å². The summed E-state index contributed by atoms with van der Waals surface area (Å²) < 4.78 is 19.0. The Kier molecular flexibility index (Phi) is 6.08. The molecule has 0 amide bonds. The van der Waals surface area contributed by atoms with Crippen LogP contribution in [0.15, 0.2) is 72.8 Å². The molecule has 27 heavy (non-hydrogen) atoms. The smallest absolute Gasteiger partial charge is 0.158 e. The molecule has 1 saturated heterocycles. The van der Waals surface area contributed by atoms with Gasteiger partial charge in [-0.3, -0.25) is 0 Å². The number of fused-ring (bicyclic) bond motifs is 1. The monoisotopic (exact) mass is 428 g/mol. The highest BCUT2D eigenvalue weighted by Gasteiger charge is 2.40. The summed E-state index contributed by atoms with van der Waals surface area (Å²) in [7, 11) is 1.72. The molecule has 1 fully saturated rings. The Morgan fingerprint density at radius 1 is 0.889 bits per heavy atom. The Balaban J connectivity index is 1.76. The number of hydrogen-bond donors (Lipinski definition) is 0. The summed E-state index contributed by atoms with van der Waals surface area (Å²) in [5, 5.41) is 0. The number of ether oxygens (including phenoxy) is 3. The maximum Gasteiger partial charge on any atom is 0.158 e. The molecule has 2 aromatic carbocycles. The van der Waals surface area contributed by atoms with Gasteiger partial charge < -0.3 is 14.2 Å². The lowest BCUT2D eigenvalue weighted by Gasteiger charge is -2.42. The van der Waals surface area contributed by atoms with Gasteiger partial charge in [0.15, 0.2) is 6.29 Å². The summed E-state index contributed by atoms with van der Waals surface area (Å²) >= 11 is 3.85. The van der Waals surface area contributed by atoms with Crippen LogP contribution in [0.1, 0.15) is 36.2 Å². The van der Waals surface area contributed by atoms with Crippen LogP contribution in [-0.4, -0.2) is 24.3 Å². The van der Waals surface area contributed by atoms with Gasteiger partial charge in [0.2, 0.25) is 0 Å². The molecule has 4 rings (SSSR count). The fraction of sp³-hybridized carbons (Fsp3) is 0.391. The van der Waals surface area contributed by atoms with Crippen molar-refractivity contribution in [3.05, 3.63) is 83.9 Å². The minimum Gasteiger partial charge on any atom is -0.365 e. The Hall–Kier alpha value is -1.46. The van der Waals surface area contributed by atoms with Gasteiger partial charge in [-0.25, -0.2) is 0 Å². The standard InChI is InChI=1S/C23H25BrO3/c1-25-20-15-18-13-8-14-19(24)21(18)27-23(17-11-6-3-7-12-17)22(26-20)16-9-4-2-5-10-16/h2-13,18-23H,14-15H2,1H3/t18-,19+,20+,21+,22+,23+/m0/s1. The molecule has 0 bridgehead atoms. The van der Waals surface area contributed by atoms with Gasteiger partial charge in [-0.15, -0.1) is 0 Å². The van der Waals surface area contributed by atoms with Gasteiger partial charge in [-0.05, 0) is 17.5 Å². The van der Waals surface area contributed by atoms with E-state index in [4.69, 9.17) is 14.2 Å². The molecule has 0 saturated carbocycles. The number of hydrogen-bond acceptors (Lipinski definition) is 3. The van der Waals surface area contributed by atoms with Crippen molar-refractivity contribution in [2.75, 3.05) is 7.11 Å². The fourth-order valence-corrected chi connectivity index (χ4v) is 4.72. The molecule has 1 aliphatic heterocycles. The molecule has 1 heterocycles. The molecule has 0 unspecified atom stereocenters. The van der Waals surface area contributed by atoms with E-state index in [1.165, 1.54) is 0 Å². The molecule has 142 valence electrons. The number of benzene rings is 2. The van der Waals surface area contributed by atoms with E-state index < -0.39 is 0 Å². The molecule has 4 heteroatoms. The molecule has 6 atom stereocenters. The lowest BCUT2D eigenvalue weighted by atomic mass is 9.87. The minimum absolute atomic E-state index is 0.0768. The third kappa shape index (κ3) is 4.19. The van der Waals surface area contributed by atoms with Crippen molar-refractivity contribution in [1.82, 2.24) is 0 Å². The first-order chi connectivity index (χ1) is 13.3. The average Bonchev–Trinajstić information content (AvgIpc) is 2.70. The van der Waals surface area contributed by atoms with Crippen LogP contribution < -0.4 is 0 Å². The fourth-order valence-electron chi connectivity index (χ4n) is 3.99. The van der Waals surface area contributed by atoms with Crippen molar-refractivity contribution in [2.45, 2.75) is 42.3 Å². The zero-order valence-electron chi connectivity index (χ0n) is 15.4. The Labute approximate surface area is 169 Å². The van der Waals surface area contributed by atoms with Gasteiger partial charge in [-0.2, -0.15) is 0 Å². The van der Waals surface area contributed by atoms with Crippen LogP contribution in [-0.2, 0) is 14.2 Å². The maximum atomic E-state index is 6.77. The summed E-state index contributed by atoms with van der Waals surface area (Å²) in [4.78, 5) is 0.283. The summed E-state index contributed by atoms with van der Waals surface area (Å²) in [5.74, 6) is 0.260. The van der Waals surface area contributed by atoms with Gasteiger partial charge in [0.25, 0.3) is 0 Å². The first-order valence-electron chi connectivity index (χ1n) is 9.50. The van der Waals surface area contributed by atoms with E-state index in [0.717, 1.165) is 24.0 Å². The van der Waals surface area contributed by atoms with Crippen molar-refractivity contribution < 1.29 is 14.2 Å². The van der Waals surface area contributed by atoms with Gasteiger partial charge in [0.05, 0.1) is 6.10 Å².